The highest BCUT2D eigenvalue weighted by atomic mass is 35.5. The lowest BCUT2D eigenvalue weighted by atomic mass is 10.1. The number of anilines is 1. The third-order valence-corrected chi connectivity index (χ3v) is 5.07. The number of hydrogen-bond donors (Lipinski definition) is 3. The third kappa shape index (κ3) is 6.20. The summed E-state index contributed by atoms with van der Waals surface area (Å²) in [5, 5.41) is 2.68. The minimum atomic E-state index is -3.98. The van der Waals surface area contributed by atoms with Crippen molar-refractivity contribution in [3.63, 3.8) is 0 Å². The van der Waals surface area contributed by atoms with Crippen LogP contribution in [0.4, 0.5) is 10.1 Å². The van der Waals surface area contributed by atoms with Crippen LogP contribution in [0.1, 0.15) is 29.8 Å². The molecule has 0 heterocycles. The first-order valence-electron chi connectivity index (χ1n) is 7.95. The van der Waals surface area contributed by atoms with E-state index in [4.69, 9.17) is 5.73 Å². The van der Waals surface area contributed by atoms with E-state index in [9.17, 15) is 17.6 Å². The van der Waals surface area contributed by atoms with E-state index in [1.165, 1.54) is 25.1 Å². The van der Waals surface area contributed by atoms with Crippen molar-refractivity contribution < 1.29 is 17.6 Å². The molecule has 0 aliphatic heterocycles. The molecule has 0 saturated heterocycles. The van der Waals surface area contributed by atoms with Crippen molar-refractivity contribution in [3.05, 3.63) is 59.4 Å². The van der Waals surface area contributed by atoms with Crippen LogP contribution in [-0.2, 0) is 10.0 Å². The van der Waals surface area contributed by atoms with Crippen LogP contribution < -0.4 is 15.8 Å². The molecule has 0 unspecified atom stereocenters. The molecule has 0 spiro atoms. The molecule has 2 aromatic carbocycles. The Morgan fingerprint density at radius 2 is 1.81 bits per heavy atom. The van der Waals surface area contributed by atoms with Crippen LogP contribution >= 0.6 is 12.4 Å². The monoisotopic (exact) mass is 415 g/mol. The molecule has 0 aromatic heterocycles. The van der Waals surface area contributed by atoms with Gasteiger partial charge in [-0.3, -0.25) is 9.52 Å². The Kier molecular flexibility index (Phi) is 7.36. The molecule has 9 heteroatoms. The van der Waals surface area contributed by atoms with Gasteiger partial charge in [0.15, 0.2) is 0 Å². The highest BCUT2D eigenvalue weighted by Gasteiger charge is 2.21. The Morgan fingerprint density at radius 3 is 2.41 bits per heavy atom. The first-order valence-corrected chi connectivity index (χ1v) is 9.43. The number of halogens is 2. The van der Waals surface area contributed by atoms with E-state index >= 15 is 0 Å². The van der Waals surface area contributed by atoms with Crippen molar-refractivity contribution in [2.75, 3.05) is 11.3 Å². The normalized spacial score (nSPS) is 11.4. The van der Waals surface area contributed by atoms with Gasteiger partial charge in [0.05, 0.1) is 16.1 Å². The molecule has 0 aliphatic carbocycles. The number of rotatable bonds is 6. The number of para-hydroxylation sites is 1. The second-order valence-electron chi connectivity index (χ2n) is 6.73. The molecule has 0 radical (unpaired) electrons. The van der Waals surface area contributed by atoms with E-state index in [0.717, 1.165) is 12.1 Å². The summed E-state index contributed by atoms with van der Waals surface area (Å²) >= 11 is 0. The molecular formula is C18H23ClFN3O3S. The predicted molar refractivity (Wildman–Crippen MR) is 106 cm³/mol. The summed E-state index contributed by atoms with van der Waals surface area (Å²) in [5.41, 5.74) is 5.81. The maximum atomic E-state index is 13.2. The van der Waals surface area contributed by atoms with Crippen LogP contribution in [0.3, 0.4) is 0 Å². The zero-order valence-corrected chi connectivity index (χ0v) is 16.9. The van der Waals surface area contributed by atoms with Crippen molar-refractivity contribution in [2.24, 2.45) is 5.73 Å². The van der Waals surface area contributed by atoms with Gasteiger partial charge in [-0.15, -0.1) is 12.4 Å². The fourth-order valence-electron chi connectivity index (χ4n) is 2.29. The number of nitrogens with two attached hydrogens (primary N) is 1. The molecule has 148 valence electrons. The summed E-state index contributed by atoms with van der Waals surface area (Å²) in [6.45, 7) is 5.25. The lowest BCUT2D eigenvalue weighted by Crippen LogP contribution is -2.45. The number of sulfonamides is 1. The molecule has 27 heavy (non-hydrogen) atoms. The van der Waals surface area contributed by atoms with Gasteiger partial charge < -0.3 is 11.1 Å². The molecule has 0 atom stereocenters. The molecule has 4 N–H and O–H groups in total. The van der Waals surface area contributed by atoms with E-state index in [2.05, 4.69) is 10.0 Å². The zero-order valence-electron chi connectivity index (χ0n) is 15.2. The Labute approximate surface area is 164 Å². The van der Waals surface area contributed by atoms with E-state index < -0.39 is 27.3 Å². The molecule has 0 bridgehead atoms. The quantitative estimate of drug-likeness (QED) is 0.675. The maximum Gasteiger partial charge on any atom is 0.262 e. The molecular weight excluding hydrogens is 393 g/mol. The highest BCUT2D eigenvalue weighted by Crippen LogP contribution is 2.22. The molecule has 1 amide bonds. The van der Waals surface area contributed by atoms with Crippen LogP contribution in [0, 0.1) is 12.7 Å². The molecule has 0 fully saturated rings. The zero-order chi connectivity index (χ0) is 19.5. The van der Waals surface area contributed by atoms with Crippen LogP contribution in [0.5, 0.6) is 0 Å². The summed E-state index contributed by atoms with van der Waals surface area (Å²) in [7, 11) is -3.98. The van der Waals surface area contributed by atoms with Crippen molar-refractivity contribution in [3.8, 4) is 0 Å². The van der Waals surface area contributed by atoms with E-state index in [-0.39, 0.29) is 40.7 Å². The minimum absolute atomic E-state index is 0. The number of amides is 1. The average Bonchev–Trinajstić information content (AvgIpc) is 2.51. The van der Waals surface area contributed by atoms with Crippen LogP contribution in [0.15, 0.2) is 47.4 Å². The number of nitrogens with one attached hydrogen (secondary N) is 2. The van der Waals surface area contributed by atoms with Gasteiger partial charge in [0.25, 0.3) is 15.9 Å². The van der Waals surface area contributed by atoms with Gasteiger partial charge >= 0.3 is 0 Å². The van der Waals surface area contributed by atoms with Crippen molar-refractivity contribution in [1.29, 1.82) is 0 Å². The van der Waals surface area contributed by atoms with Crippen molar-refractivity contribution in [2.45, 2.75) is 31.2 Å². The number of benzene rings is 2. The summed E-state index contributed by atoms with van der Waals surface area (Å²) in [6.07, 6.45) is 0. The Bertz CT molecular complexity index is 928. The topological polar surface area (TPSA) is 101 Å². The number of hydrogen-bond acceptors (Lipinski definition) is 4. The summed E-state index contributed by atoms with van der Waals surface area (Å²) in [6, 6.07) is 9.63. The predicted octanol–water partition coefficient (Wildman–Crippen LogP) is 2.82. The van der Waals surface area contributed by atoms with Gasteiger partial charge in [-0.1, -0.05) is 12.1 Å². The largest absolute Gasteiger partial charge is 0.350 e. The van der Waals surface area contributed by atoms with Gasteiger partial charge in [-0.2, -0.15) is 0 Å². The lowest BCUT2D eigenvalue weighted by Gasteiger charge is -2.20. The maximum absolute atomic E-state index is 13.2. The van der Waals surface area contributed by atoms with Gasteiger partial charge in [-0.05, 0) is 56.7 Å². The molecule has 0 aliphatic rings. The van der Waals surface area contributed by atoms with Crippen LogP contribution in [0.25, 0.3) is 0 Å². The summed E-state index contributed by atoms with van der Waals surface area (Å²) < 4.78 is 40.9. The lowest BCUT2D eigenvalue weighted by molar-refractivity contribution is 0.0947. The SMILES string of the molecule is Cc1cc(F)ccc1S(=O)(=O)Nc1ccccc1C(=O)NCC(C)(C)N.Cl. The molecule has 2 aromatic rings. The fourth-order valence-corrected chi connectivity index (χ4v) is 3.59. The van der Waals surface area contributed by atoms with Gasteiger partial charge in [0.2, 0.25) is 0 Å². The molecule has 2 rings (SSSR count). The fraction of sp³-hybridized carbons (Fsp3) is 0.278. The number of carbonyl (C=O) groups excluding carboxylic acids is 1. The van der Waals surface area contributed by atoms with Gasteiger partial charge in [-0.25, -0.2) is 12.8 Å². The Morgan fingerprint density at radius 1 is 1.19 bits per heavy atom. The Balaban J connectivity index is 0.00000364. The highest BCUT2D eigenvalue weighted by molar-refractivity contribution is 7.92. The first-order chi connectivity index (χ1) is 12.0. The van der Waals surface area contributed by atoms with Gasteiger partial charge in [0.1, 0.15) is 5.82 Å². The number of aryl methyl sites for hydroxylation is 1. The first kappa shape index (κ1) is 22.9. The number of carbonyl (C=O) groups is 1. The second kappa shape index (κ2) is 8.69. The summed E-state index contributed by atoms with van der Waals surface area (Å²) in [4.78, 5) is 12.3. The van der Waals surface area contributed by atoms with E-state index in [1.807, 2.05) is 0 Å². The van der Waals surface area contributed by atoms with Crippen LogP contribution in [-0.4, -0.2) is 26.4 Å². The molecule has 0 saturated carbocycles. The standard InChI is InChI=1S/C18H22FN3O3S.ClH/c1-12-10-13(19)8-9-16(12)26(24,25)22-15-7-5-4-6-14(15)17(23)21-11-18(2,3)20;/h4-10,22H,11,20H2,1-3H3,(H,21,23);1H. The minimum Gasteiger partial charge on any atom is -0.350 e. The second-order valence-corrected chi connectivity index (χ2v) is 8.38. The summed E-state index contributed by atoms with van der Waals surface area (Å²) in [5.74, 6) is -0.969. The third-order valence-electron chi connectivity index (χ3n) is 3.55. The van der Waals surface area contributed by atoms with Gasteiger partial charge in [0, 0.05) is 12.1 Å². The molecule has 6 nitrogen and oxygen atoms in total. The smallest absolute Gasteiger partial charge is 0.262 e. The van der Waals surface area contributed by atoms with Crippen LogP contribution in [0.2, 0.25) is 0 Å². The Hall–Kier alpha value is -2.16. The average molecular weight is 416 g/mol. The van der Waals surface area contributed by atoms with Crippen molar-refractivity contribution in [1.82, 2.24) is 5.32 Å². The van der Waals surface area contributed by atoms with E-state index in [1.54, 1.807) is 26.0 Å². The van der Waals surface area contributed by atoms with E-state index in [0.29, 0.717) is 0 Å². The van der Waals surface area contributed by atoms with Crippen molar-refractivity contribution >= 4 is 34.0 Å².